The van der Waals surface area contributed by atoms with Crippen molar-refractivity contribution in [1.29, 1.82) is 0 Å². The summed E-state index contributed by atoms with van der Waals surface area (Å²) in [6, 6.07) is 2.36. The molecule has 0 aliphatic heterocycles. The summed E-state index contributed by atoms with van der Waals surface area (Å²) in [4.78, 5) is 11.3. The SMILES string of the molecule is CCC(C)Sc1cc(F)c(C(=O)O)cc1N. The van der Waals surface area contributed by atoms with E-state index in [9.17, 15) is 9.18 Å². The summed E-state index contributed by atoms with van der Waals surface area (Å²) >= 11 is 1.45. The van der Waals surface area contributed by atoms with Crippen LogP contribution in [0.3, 0.4) is 0 Å². The standard InChI is InChI=1S/C11H14FNO2S/c1-3-6(2)16-10-5-8(12)7(11(14)15)4-9(10)13/h4-6H,3,13H2,1-2H3,(H,14,15). The minimum atomic E-state index is -1.30. The summed E-state index contributed by atoms with van der Waals surface area (Å²) in [6.45, 7) is 4.03. The minimum Gasteiger partial charge on any atom is -0.478 e. The molecule has 0 amide bonds. The molecule has 16 heavy (non-hydrogen) atoms. The van der Waals surface area contributed by atoms with Crippen molar-refractivity contribution in [1.82, 2.24) is 0 Å². The lowest BCUT2D eigenvalue weighted by atomic mass is 10.2. The normalized spacial score (nSPS) is 12.4. The Hall–Kier alpha value is -1.23. The van der Waals surface area contributed by atoms with Gasteiger partial charge in [-0.15, -0.1) is 11.8 Å². The first-order valence-electron chi connectivity index (χ1n) is 4.94. The summed E-state index contributed by atoms with van der Waals surface area (Å²) in [5.41, 5.74) is 5.61. The van der Waals surface area contributed by atoms with Gasteiger partial charge in [0.15, 0.2) is 0 Å². The van der Waals surface area contributed by atoms with E-state index in [1.807, 2.05) is 13.8 Å². The number of anilines is 1. The van der Waals surface area contributed by atoms with Crippen LogP contribution in [0.25, 0.3) is 0 Å². The number of carboxylic acid groups (broad SMARTS) is 1. The number of benzene rings is 1. The predicted molar refractivity (Wildman–Crippen MR) is 63.4 cm³/mol. The summed E-state index contributed by atoms with van der Waals surface area (Å²) in [5, 5.41) is 9.02. The Kier molecular flexibility index (Phi) is 4.18. The summed E-state index contributed by atoms with van der Waals surface area (Å²) in [7, 11) is 0. The van der Waals surface area contributed by atoms with Crippen molar-refractivity contribution in [3.63, 3.8) is 0 Å². The number of halogens is 1. The van der Waals surface area contributed by atoms with Crippen LogP contribution in [0.15, 0.2) is 17.0 Å². The van der Waals surface area contributed by atoms with Gasteiger partial charge >= 0.3 is 5.97 Å². The molecule has 3 nitrogen and oxygen atoms in total. The molecule has 0 aliphatic carbocycles. The van der Waals surface area contributed by atoms with Crippen molar-refractivity contribution >= 4 is 23.4 Å². The van der Waals surface area contributed by atoms with E-state index >= 15 is 0 Å². The Labute approximate surface area is 97.8 Å². The van der Waals surface area contributed by atoms with Gasteiger partial charge in [-0.1, -0.05) is 13.8 Å². The fourth-order valence-corrected chi connectivity index (χ4v) is 2.10. The summed E-state index contributed by atoms with van der Waals surface area (Å²) in [5.74, 6) is -2.04. The average Bonchev–Trinajstić information content (AvgIpc) is 2.22. The van der Waals surface area contributed by atoms with Crippen molar-refractivity contribution in [2.45, 2.75) is 30.4 Å². The molecule has 0 saturated carbocycles. The molecular formula is C11H14FNO2S. The van der Waals surface area contributed by atoms with Crippen molar-refractivity contribution < 1.29 is 14.3 Å². The number of nitrogen functional groups attached to an aromatic ring is 1. The maximum Gasteiger partial charge on any atom is 0.338 e. The first-order valence-corrected chi connectivity index (χ1v) is 5.82. The van der Waals surface area contributed by atoms with E-state index in [1.54, 1.807) is 0 Å². The highest BCUT2D eigenvalue weighted by atomic mass is 32.2. The number of hydrogen-bond acceptors (Lipinski definition) is 3. The molecule has 5 heteroatoms. The van der Waals surface area contributed by atoms with Crippen LogP contribution in [0.2, 0.25) is 0 Å². The van der Waals surface area contributed by atoms with Crippen LogP contribution in [0.1, 0.15) is 30.6 Å². The van der Waals surface area contributed by atoms with Gasteiger partial charge in [0.1, 0.15) is 5.82 Å². The third-order valence-electron chi connectivity index (χ3n) is 2.23. The zero-order valence-electron chi connectivity index (χ0n) is 9.16. The smallest absolute Gasteiger partial charge is 0.338 e. The van der Waals surface area contributed by atoms with Gasteiger partial charge in [0, 0.05) is 15.8 Å². The Morgan fingerprint density at radius 3 is 2.75 bits per heavy atom. The molecule has 1 atom stereocenters. The zero-order valence-corrected chi connectivity index (χ0v) is 9.97. The molecule has 0 aromatic heterocycles. The number of carboxylic acids is 1. The molecule has 0 saturated heterocycles. The van der Waals surface area contributed by atoms with Crippen LogP contribution >= 0.6 is 11.8 Å². The van der Waals surface area contributed by atoms with Gasteiger partial charge in [-0.25, -0.2) is 9.18 Å². The summed E-state index contributed by atoms with van der Waals surface area (Å²) in [6.07, 6.45) is 0.937. The van der Waals surface area contributed by atoms with E-state index in [2.05, 4.69) is 0 Å². The predicted octanol–water partition coefficient (Wildman–Crippen LogP) is 3.00. The number of thioether (sulfide) groups is 1. The third kappa shape index (κ3) is 2.88. The second-order valence-corrected chi connectivity index (χ2v) is 4.99. The second-order valence-electron chi connectivity index (χ2n) is 3.51. The van der Waals surface area contributed by atoms with Gasteiger partial charge in [-0.2, -0.15) is 0 Å². The molecule has 0 radical (unpaired) electrons. The van der Waals surface area contributed by atoms with Gasteiger partial charge in [0.2, 0.25) is 0 Å². The quantitative estimate of drug-likeness (QED) is 0.630. The van der Waals surface area contributed by atoms with Crippen LogP contribution in [0.5, 0.6) is 0 Å². The number of aromatic carboxylic acids is 1. The summed E-state index contributed by atoms with van der Waals surface area (Å²) < 4.78 is 13.4. The second kappa shape index (κ2) is 5.21. The molecule has 1 aromatic carbocycles. The molecule has 88 valence electrons. The number of carbonyl (C=O) groups is 1. The molecule has 1 rings (SSSR count). The highest BCUT2D eigenvalue weighted by Gasteiger charge is 2.15. The van der Waals surface area contributed by atoms with Gasteiger partial charge in [-0.05, 0) is 18.6 Å². The Bertz CT molecular complexity index is 409. The maximum absolute atomic E-state index is 13.4. The first kappa shape index (κ1) is 12.8. The van der Waals surface area contributed by atoms with Gasteiger partial charge in [-0.3, -0.25) is 0 Å². The minimum absolute atomic E-state index is 0.309. The van der Waals surface area contributed by atoms with Crippen molar-refractivity contribution in [2.75, 3.05) is 5.73 Å². The zero-order chi connectivity index (χ0) is 12.3. The molecule has 1 unspecified atom stereocenters. The van der Waals surface area contributed by atoms with E-state index in [4.69, 9.17) is 10.8 Å². The lowest BCUT2D eigenvalue weighted by molar-refractivity contribution is 0.0692. The largest absolute Gasteiger partial charge is 0.478 e. The highest BCUT2D eigenvalue weighted by molar-refractivity contribution is 8.00. The maximum atomic E-state index is 13.4. The number of hydrogen-bond donors (Lipinski definition) is 2. The Morgan fingerprint density at radius 2 is 2.25 bits per heavy atom. The number of rotatable bonds is 4. The fourth-order valence-electron chi connectivity index (χ4n) is 1.14. The third-order valence-corrected chi connectivity index (χ3v) is 3.58. The molecular weight excluding hydrogens is 229 g/mol. The Morgan fingerprint density at radius 1 is 1.62 bits per heavy atom. The van der Waals surface area contributed by atoms with Gasteiger partial charge in [0.25, 0.3) is 0 Å². The van der Waals surface area contributed by atoms with E-state index in [0.717, 1.165) is 6.42 Å². The molecule has 0 aliphatic rings. The van der Waals surface area contributed by atoms with E-state index in [0.29, 0.717) is 15.8 Å². The van der Waals surface area contributed by atoms with E-state index in [-0.39, 0.29) is 5.56 Å². The van der Waals surface area contributed by atoms with Crippen molar-refractivity contribution in [2.24, 2.45) is 0 Å². The van der Waals surface area contributed by atoms with Crippen LogP contribution in [0, 0.1) is 5.82 Å². The lowest BCUT2D eigenvalue weighted by Gasteiger charge is -2.11. The van der Waals surface area contributed by atoms with Gasteiger partial charge < -0.3 is 10.8 Å². The van der Waals surface area contributed by atoms with Crippen molar-refractivity contribution in [3.05, 3.63) is 23.5 Å². The van der Waals surface area contributed by atoms with Gasteiger partial charge in [0.05, 0.1) is 5.56 Å². The number of nitrogens with two attached hydrogens (primary N) is 1. The average molecular weight is 243 g/mol. The topological polar surface area (TPSA) is 63.3 Å². The fraction of sp³-hybridized carbons (Fsp3) is 0.364. The molecule has 0 spiro atoms. The van der Waals surface area contributed by atoms with Crippen LogP contribution in [-0.2, 0) is 0 Å². The first-order chi connectivity index (χ1) is 7.45. The molecule has 1 aromatic rings. The van der Waals surface area contributed by atoms with E-state index < -0.39 is 11.8 Å². The van der Waals surface area contributed by atoms with Crippen LogP contribution in [0.4, 0.5) is 10.1 Å². The molecule has 0 fully saturated rings. The molecule has 0 heterocycles. The lowest BCUT2D eigenvalue weighted by Crippen LogP contribution is -2.04. The highest BCUT2D eigenvalue weighted by Crippen LogP contribution is 2.31. The van der Waals surface area contributed by atoms with Crippen LogP contribution in [-0.4, -0.2) is 16.3 Å². The molecule has 3 N–H and O–H groups in total. The van der Waals surface area contributed by atoms with E-state index in [1.165, 1.54) is 23.9 Å². The Balaban J connectivity index is 3.05. The monoisotopic (exact) mass is 243 g/mol. The molecule has 0 bridgehead atoms. The van der Waals surface area contributed by atoms with Crippen LogP contribution < -0.4 is 5.73 Å². The van der Waals surface area contributed by atoms with Crippen molar-refractivity contribution in [3.8, 4) is 0 Å².